The lowest BCUT2D eigenvalue weighted by Gasteiger charge is -2.05. The number of rotatable bonds is 6. The van der Waals surface area contributed by atoms with E-state index in [2.05, 4.69) is 10.3 Å². The molecule has 2 rings (SSSR count). The number of carbonyl (C=O) groups excluding carboxylic acids is 1. The maximum atomic E-state index is 10.8. The number of hydrogen-bond acceptors (Lipinski definition) is 6. The van der Waals surface area contributed by atoms with Gasteiger partial charge in [-0.25, -0.2) is 4.98 Å². The number of nitrogens with one attached hydrogen (secondary N) is 1. The van der Waals surface area contributed by atoms with Gasteiger partial charge in [0.1, 0.15) is 5.75 Å². The maximum Gasteiger partial charge on any atom is 0.183 e. The van der Waals surface area contributed by atoms with E-state index in [0.717, 1.165) is 22.6 Å². The summed E-state index contributed by atoms with van der Waals surface area (Å²) in [5, 5.41) is 14.5. The number of carbonyl (C=O) groups is 1. The minimum absolute atomic E-state index is 0.166. The third-order valence-corrected chi connectivity index (χ3v) is 3.76. The first-order valence-corrected chi connectivity index (χ1v) is 7.06. The van der Waals surface area contributed by atoms with Crippen LogP contribution in [0.3, 0.4) is 0 Å². The number of aromatic nitrogens is 1. The van der Waals surface area contributed by atoms with Crippen LogP contribution >= 0.6 is 11.3 Å². The molecule has 0 amide bonds. The van der Waals surface area contributed by atoms with Crippen molar-refractivity contribution in [2.45, 2.75) is 20.4 Å². The van der Waals surface area contributed by atoms with E-state index in [1.165, 1.54) is 0 Å². The molecule has 0 aliphatic rings. The molecule has 1 N–H and O–H groups in total. The van der Waals surface area contributed by atoms with E-state index in [4.69, 9.17) is 4.74 Å². The van der Waals surface area contributed by atoms with Crippen LogP contribution in [0.25, 0.3) is 0 Å². The van der Waals surface area contributed by atoms with Crippen LogP contribution in [-0.4, -0.2) is 17.6 Å². The highest BCUT2D eigenvalue weighted by Crippen LogP contribution is 2.22. The summed E-state index contributed by atoms with van der Waals surface area (Å²) < 4.78 is 5.37. The number of ether oxygens (including phenoxy) is 1. The summed E-state index contributed by atoms with van der Waals surface area (Å²) in [5.41, 5.74) is 1.54. The number of aromatic carboxylic acids is 1. The third-order valence-electron chi connectivity index (χ3n) is 2.66. The van der Waals surface area contributed by atoms with Gasteiger partial charge < -0.3 is 20.0 Å². The Labute approximate surface area is 121 Å². The Bertz CT molecular complexity index is 593. The molecule has 0 atom stereocenters. The highest BCUT2D eigenvalue weighted by Gasteiger charge is 2.07. The van der Waals surface area contributed by atoms with Gasteiger partial charge in [-0.15, -0.1) is 0 Å². The Hall–Kier alpha value is -2.08. The van der Waals surface area contributed by atoms with Gasteiger partial charge in [-0.05, 0) is 31.5 Å². The van der Waals surface area contributed by atoms with E-state index in [-0.39, 0.29) is 4.88 Å². The van der Waals surface area contributed by atoms with Gasteiger partial charge in [0, 0.05) is 6.54 Å². The first kappa shape index (κ1) is 14.3. The first-order valence-electron chi connectivity index (χ1n) is 6.24. The number of benzene rings is 1. The number of carboxylic acids is 1. The van der Waals surface area contributed by atoms with E-state index in [9.17, 15) is 9.90 Å². The summed E-state index contributed by atoms with van der Waals surface area (Å²) in [6, 6.07) is 7.72. The molecule has 0 aliphatic heterocycles. The van der Waals surface area contributed by atoms with Crippen molar-refractivity contribution in [1.82, 2.24) is 4.98 Å². The molecule has 0 saturated carbocycles. The average molecular weight is 291 g/mol. The molecule has 2 aromatic rings. The Kier molecular flexibility index (Phi) is 4.57. The highest BCUT2D eigenvalue weighted by molar-refractivity contribution is 7.17. The normalized spacial score (nSPS) is 10.3. The molecule has 20 heavy (non-hydrogen) atoms. The van der Waals surface area contributed by atoms with Gasteiger partial charge >= 0.3 is 0 Å². The Morgan fingerprint density at radius 1 is 1.40 bits per heavy atom. The summed E-state index contributed by atoms with van der Waals surface area (Å²) in [5.74, 6) is -0.352. The fourth-order valence-electron chi connectivity index (χ4n) is 1.71. The summed E-state index contributed by atoms with van der Waals surface area (Å²) in [7, 11) is 0. The standard InChI is InChI=1S/C14H16N2O3S/c1-3-19-11-6-4-10(5-7-11)8-15-14-16-9(2)12(20-14)13(17)18/h4-7H,3,8H2,1-2H3,(H,15,16)(H,17,18)/p-1. The van der Waals surface area contributed by atoms with Crippen molar-refractivity contribution >= 4 is 22.4 Å². The molecule has 0 unspecified atom stereocenters. The van der Waals surface area contributed by atoms with Crippen LogP contribution in [0.2, 0.25) is 0 Å². The molecule has 1 aromatic heterocycles. The molecule has 0 aliphatic carbocycles. The third kappa shape index (κ3) is 3.48. The Morgan fingerprint density at radius 2 is 2.10 bits per heavy atom. The van der Waals surface area contributed by atoms with Gasteiger partial charge in [-0.2, -0.15) is 0 Å². The second kappa shape index (κ2) is 6.38. The Balaban J connectivity index is 1.98. The van der Waals surface area contributed by atoms with Crippen molar-refractivity contribution in [2.24, 2.45) is 0 Å². The number of aryl methyl sites for hydroxylation is 1. The van der Waals surface area contributed by atoms with Crippen molar-refractivity contribution in [3.63, 3.8) is 0 Å². The minimum atomic E-state index is -1.19. The topological polar surface area (TPSA) is 74.3 Å². The van der Waals surface area contributed by atoms with Crippen molar-refractivity contribution < 1.29 is 14.6 Å². The number of nitrogens with zero attached hydrogens (tertiary/aromatic N) is 1. The monoisotopic (exact) mass is 291 g/mol. The lowest BCUT2D eigenvalue weighted by atomic mass is 10.2. The maximum absolute atomic E-state index is 10.8. The zero-order chi connectivity index (χ0) is 14.5. The molecule has 6 heteroatoms. The second-order valence-electron chi connectivity index (χ2n) is 4.15. The van der Waals surface area contributed by atoms with Crippen LogP contribution < -0.4 is 15.2 Å². The zero-order valence-electron chi connectivity index (χ0n) is 11.3. The van der Waals surface area contributed by atoms with Crippen molar-refractivity contribution in [1.29, 1.82) is 0 Å². The summed E-state index contributed by atoms with van der Waals surface area (Å²) in [6.45, 7) is 4.81. The molecule has 1 aromatic carbocycles. The molecule has 0 fully saturated rings. The molecule has 106 valence electrons. The number of anilines is 1. The zero-order valence-corrected chi connectivity index (χ0v) is 12.1. The van der Waals surface area contributed by atoms with E-state index >= 15 is 0 Å². The molecular weight excluding hydrogens is 276 g/mol. The predicted octanol–water partition coefficient (Wildman–Crippen LogP) is 1.83. The lowest BCUT2D eigenvalue weighted by Crippen LogP contribution is -2.21. The second-order valence-corrected chi connectivity index (χ2v) is 5.15. The molecule has 0 bridgehead atoms. The lowest BCUT2D eigenvalue weighted by molar-refractivity contribution is -0.254. The molecule has 0 saturated heterocycles. The number of thiazole rings is 1. The molecule has 0 radical (unpaired) electrons. The van der Waals surface area contributed by atoms with Gasteiger partial charge in [0.05, 0.1) is 23.1 Å². The predicted molar refractivity (Wildman–Crippen MR) is 76.1 cm³/mol. The van der Waals surface area contributed by atoms with Crippen LogP contribution in [0.15, 0.2) is 24.3 Å². The van der Waals surface area contributed by atoms with Gasteiger partial charge in [0.2, 0.25) is 0 Å². The quantitative estimate of drug-likeness (QED) is 0.879. The van der Waals surface area contributed by atoms with Crippen LogP contribution in [0.4, 0.5) is 5.13 Å². The van der Waals surface area contributed by atoms with Crippen molar-refractivity contribution in [2.75, 3.05) is 11.9 Å². The first-order chi connectivity index (χ1) is 9.60. The molecular formula is C14H15N2O3S-. The smallest absolute Gasteiger partial charge is 0.183 e. The van der Waals surface area contributed by atoms with Crippen molar-refractivity contribution in [3.8, 4) is 5.75 Å². The number of carboxylic acid groups (broad SMARTS) is 1. The van der Waals surface area contributed by atoms with E-state index < -0.39 is 5.97 Å². The van der Waals surface area contributed by atoms with Crippen LogP contribution in [-0.2, 0) is 6.54 Å². The minimum Gasteiger partial charge on any atom is -0.544 e. The highest BCUT2D eigenvalue weighted by atomic mass is 32.1. The van der Waals surface area contributed by atoms with Crippen molar-refractivity contribution in [3.05, 3.63) is 40.4 Å². The summed E-state index contributed by atoms with van der Waals surface area (Å²) in [6.07, 6.45) is 0. The van der Waals surface area contributed by atoms with Crippen LogP contribution in [0.1, 0.15) is 27.9 Å². The fourth-order valence-corrected chi connectivity index (χ4v) is 2.51. The molecule has 1 heterocycles. The van der Waals surface area contributed by atoms with Gasteiger partial charge in [0.15, 0.2) is 5.13 Å². The van der Waals surface area contributed by atoms with Crippen LogP contribution in [0.5, 0.6) is 5.75 Å². The fraction of sp³-hybridized carbons (Fsp3) is 0.286. The van der Waals surface area contributed by atoms with E-state index in [1.54, 1.807) is 6.92 Å². The van der Waals surface area contributed by atoms with Gasteiger partial charge in [-0.1, -0.05) is 23.5 Å². The molecule has 0 spiro atoms. The largest absolute Gasteiger partial charge is 0.544 e. The number of hydrogen-bond donors (Lipinski definition) is 1. The van der Waals surface area contributed by atoms with Gasteiger partial charge in [-0.3, -0.25) is 0 Å². The Morgan fingerprint density at radius 3 is 2.65 bits per heavy atom. The molecule has 5 nitrogen and oxygen atoms in total. The van der Waals surface area contributed by atoms with Gasteiger partial charge in [0.25, 0.3) is 0 Å². The van der Waals surface area contributed by atoms with E-state index in [0.29, 0.717) is 24.0 Å². The average Bonchev–Trinajstić information content (AvgIpc) is 2.80. The SMILES string of the molecule is CCOc1ccc(CNc2nc(C)c(C(=O)[O-])s2)cc1. The van der Waals surface area contributed by atoms with Crippen LogP contribution in [0, 0.1) is 6.92 Å². The van der Waals surface area contributed by atoms with E-state index in [1.807, 2.05) is 31.2 Å². The summed E-state index contributed by atoms with van der Waals surface area (Å²) >= 11 is 1.09. The summed E-state index contributed by atoms with van der Waals surface area (Å²) in [4.78, 5) is 15.1.